The minimum atomic E-state index is -0.459. The molecule has 0 unspecified atom stereocenters. The van der Waals surface area contributed by atoms with Gasteiger partial charge < -0.3 is 10.2 Å². The lowest BCUT2D eigenvalue weighted by Gasteiger charge is -2.13. The molecule has 3 aromatic heterocycles. The molecule has 0 aliphatic heterocycles. The summed E-state index contributed by atoms with van der Waals surface area (Å²) in [5.74, 6) is 1.16. The van der Waals surface area contributed by atoms with Crippen LogP contribution in [0, 0.1) is 12.9 Å². The van der Waals surface area contributed by atoms with E-state index in [4.69, 9.17) is 0 Å². The molecule has 1 aromatic carbocycles. The number of halogens is 1. The summed E-state index contributed by atoms with van der Waals surface area (Å²) in [6, 6.07) is 13.6. The van der Waals surface area contributed by atoms with Crippen molar-refractivity contribution in [1.82, 2.24) is 15.0 Å². The molecule has 0 atom stereocenters. The molecule has 154 valence electrons. The van der Waals surface area contributed by atoms with Crippen molar-refractivity contribution in [3.8, 4) is 11.1 Å². The zero-order valence-corrected chi connectivity index (χ0v) is 18.1. The molecule has 4 aromatic rings. The van der Waals surface area contributed by atoms with Gasteiger partial charge in [0.15, 0.2) is 0 Å². The standard InChI is InChI=1S/C23H24FN5S/c1-15-13-19-21(27-23(29(2)3)28-22(19)30-15)25-12-4-5-16-6-8-17(9-7-16)18-10-11-20(24)26-14-18/h6-11,13-14H,4-5,12H2,1-3H3,(H,25,27,28). The second kappa shape index (κ2) is 8.75. The fraction of sp³-hybridized carbons (Fsp3) is 0.261. The molecule has 0 amide bonds. The smallest absolute Gasteiger partial charge is 0.228 e. The van der Waals surface area contributed by atoms with Gasteiger partial charge in [-0.05, 0) is 49.1 Å². The number of fused-ring (bicyclic) bond motifs is 1. The van der Waals surface area contributed by atoms with Crippen molar-refractivity contribution < 1.29 is 4.39 Å². The Kier molecular flexibility index (Phi) is 5.90. The van der Waals surface area contributed by atoms with Crippen LogP contribution in [-0.4, -0.2) is 35.6 Å². The van der Waals surface area contributed by atoms with Gasteiger partial charge in [0.2, 0.25) is 11.9 Å². The van der Waals surface area contributed by atoms with Crippen molar-refractivity contribution in [1.29, 1.82) is 0 Å². The summed E-state index contributed by atoms with van der Waals surface area (Å²) in [4.78, 5) is 17.2. The van der Waals surface area contributed by atoms with Gasteiger partial charge in [0, 0.05) is 37.3 Å². The van der Waals surface area contributed by atoms with Gasteiger partial charge >= 0.3 is 0 Å². The Hall–Kier alpha value is -3.06. The second-order valence-corrected chi connectivity index (χ2v) is 8.67. The van der Waals surface area contributed by atoms with E-state index in [-0.39, 0.29) is 0 Å². The topological polar surface area (TPSA) is 53.9 Å². The van der Waals surface area contributed by atoms with Gasteiger partial charge in [-0.3, -0.25) is 0 Å². The predicted octanol–water partition coefficient (Wildman–Crippen LogP) is 5.31. The van der Waals surface area contributed by atoms with Gasteiger partial charge in [0.05, 0.1) is 5.39 Å². The number of aryl methyl sites for hydroxylation is 2. The summed E-state index contributed by atoms with van der Waals surface area (Å²) in [6.07, 6.45) is 3.51. The number of hydrogen-bond donors (Lipinski definition) is 1. The molecular formula is C23H24FN5S. The fourth-order valence-electron chi connectivity index (χ4n) is 3.28. The minimum absolute atomic E-state index is 0.459. The largest absolute Gasteiger partial charge is 0.369 e. The molecule has 0 aliphatic rings. The Morgan fingerprint density at radius 3 is 2.50 bits per heavy atom. The van der Waals surface area contributed by atoms with Gasteiger partial charge in [-0.1, -0.05) is 24.3 Å². The number of aromatic nitrogens is 3. The van der Waals surface area contributed by atoms with Crippen LogP contribution in [0.25, 0.3) is 21.3 Å². The lowest BCUT2D eigenvalue weighted by atomic mass is 10.0. The average Bonchev–Trinajstić information content (AvgIpc) is 3.12. The highest BCUT2D eigenvalue weighted by Crippen LogP contribution is 2.30. The highest BCUT2D eigenvalue weighted by molar-refractivity contribution is 7.18. The summed E-state index contributed by atoms with van der Waals surface area (Å²) in [5, 5.41) is 4.58. The number of hydrogen-bond acceptors (Lipinski definition) is 6. The van der Waals surface area contributed by atoms with Gasteiger partial charge in [0.25, 0.3) is 0 Å². The average molecular weight is 422 g/mol. The van der Waals surface area contributed by atoms with Gasteiger partial charge in [-0.15, -0.1) is 11.3 Å². The fourth-order valence-corrected chi connectivity index (χ4v) is 4.15. The summed E-state index contributed by atoms with van der Waals surface area (Å²) in [5.41, 5.74) is 3.22. The number of pyridine rings is 1. The second-order valence-electron chi connectivity index (χ2n) is 7.44. The van der Waals surface area contributed by atoms with Crippen LogP contribution >= 0.6 is 11.3 Å². The molecule has 0 saturated heterocycles. The molecule has 0 aliphatic carbocycles. The molecule has 3 heterocycles. The van der Waals surface area contributed by atoms with E-state index in [1.807, 2.05) is 19.0 Å². The number of thiophene rings is 1. The van der Waals surface area contributed by atoms with Crippen molar-refractivity contribution >= 4 is 33.3 Å². The van der Waals surface area contributed by atoms with E-state index < -0.39 is 5.95 Å². The van der Waals surface area contributed by atoms with Gasteiger partial charge in [0.1, 0.15) is 10.6 Å². The molecule has 4 rings (SSSR count). The van der Waals surface area contributed by atoms with Crippen molar-refractivity contribution in [2.45, 2.75) is 19.8 Å². The van der Waals surface area contributed by atoms with E-state index in [9.17, 15) is 4.39 Å². The van der Waals surface area contributed by atoms with Crippen LogP contribution in [0.2, 0.25) is 0 Å². The number of rotatable bonds is 7. The predicted molar refractivity (Wildman–Crippen MR) is 123 cm³/mol. The van der Waals surface area contributed by atoms with Crippen molar-refractivity contribution in [3.63, 3.8) is 0 Å². The Bertz CT molecular complexity index is 1140. The Labute approximate surface area is 179 Å². The first-order chi connectivity index (χ1) is 14.5. The monoisotopic (exact) mass is 421 g/mol. The maximum absolute atomic E-state index is 13.0. The van der Waals surface area contributed by atoms with Crippen LogP contribution in [0.4, 0.5) is 16.2 Å². The summed E-state index contributed by atoms with van der Waals surface area (Å²) in [6.45, 7) is 2.93. The first kappa shape index (κ1) is 20.2. The molecule has 5 nitrogen and oxygen atoms in total. The molecular weight excluding hydrogens is 397 g/mol. The van der Waals surface area contributed by atoms with Gasteiger partial charge in [-0.25, -0.2) is 9.97 Å². The summed E-state index contributed by atoms with van der Waals surface area (Å²) in [7, 11) is 3.91. The van der Waals surface area contributed by atoms with E-state index in [0.717, 1.165) is 52.5 Å². The Morgan fingerprint density at radius 1 is 1.03 bits per heavy atom. The third-order valence-electron chi connectivity index (χ3n) is 4.85. The number of nitrogens with zero attached hydrogens (tertiary/aromatic N) is 4. The maximum atomic E-state index is 13.0. The summed E-state index contributed by atoms with van der Waals surface area (Å²) < 4.78 is 13.0. The molecule has 0 bridgehead atoms. The number of nitrogens with one attached hydrogen (secondary N) is 1. The van der Waals surface area contributed by atoms with Crippen molar-refractivity contribution in [3.05, 3.63) is 65.0 Å². The molecule has 0 saturated carbocycles. The zero-order valence-electron chi connectivity index (χ0n) is 17.3. The highest BCUT2D eigenvalue weighted by atomic mass is 32.1. The molecule has 0 fully saturated rings. The van der Waals surface area contributed by atoms with E-state index in [0.29, 0.717) is 0 Å². The zero-order chi connectivity index (χ0) is 21.1. The van der Waals surface area contributed by atoms with Crippen LogP contribution in [0.5, 0.6) is 0 Å². The van der Waals surface area contributed by atoms with Crippen LogP contribution in [0.3, 0.4) is 0 Å². The van der Waals surface area contributed by atoms with E-state index in [1.54, 1.807) is 23.6 Å². The van der Waals surface area contributed by atoms with Crippen LogP contribution in [0.15, 0.2) is 48.7 Å². The van der Waals surface area contributed by atoms with Gasteiger partial charge in [-0.2, -0.15) is 9.37 Å². The van der Waals surface area contributed by atoms with Crippen LogP contribution in [-0.2, 0) is 6.42 Å². The molecule has 0 spiro atoms. The lowest BCUT2D eigenvalue weighted by molar-refractivity contribution is 0.584. The first-order valence-corrected chi connectivity index (χ1v) is 10.7. The van der Waals surface area contributed by atoms with E-state index >= 15 is 0 Å². The number of anilines is 2. The normalized spacial score (nSPS) is 11.1. The maximum Gasteiger partial charge on any atom is 0.228 e. The Morgan fingerprint density at radius 2 is 1.80 bits per heavy atom. The minimum Gasteiger partial charge on any atom is -0.369 e. The third kappa shape index (κ3) is 4.57. The molecule has 0 radical (unpaired) electrons. The number of benzene rings is 1. The first-order valence-electron chi connectivity index (χ1n) is 9.90. The summed E-state index contributed by atoms with van der Waals surface area (Å²) >= 11 is 1.69. The van der Waals surface area contributed by atoms with Crippen LogP contribution in [0.1, 0.15) is 16.9 Å². The quantitative estimate of drug-likeness (QED) is 0.324. The van der Waals surface area contributed by atoms with Crippen molar-refractivity contribution in [2.75, 3.05) is 30.9 Å². The SMILES string of the molecule is Cc1cc2c(NCCCc3ccc(-c4ccc(F)nc4)cc3)nc(N(C)C)nc2s1. The van der Waals surface area contributed by atoms with E-state index in [2.05, 4.69) is 57.5 Å². The van der Waals surface area contributed by atoms with E-state index in [1.165, 1.54) is 16.5 Å². The molecule has 30 heavy (non-hydrogen) atoms. The van der Waals surface area contributed by atoms with Crippen LogP contribution < -0.4 is 10.2 Å². The lowest BCUT2D eigenvalue weighted by Crippen LogP contribution is -2.14. The molecule has 1 N–H and O–H groups in total. The Balaban J connectivity index is 1.37. The highest BCUT2D eigenvalue weighted by Gasteiger charge is 2.11. The van der Waals surface area contributed by atoms with Crippen molar-refractivity contribution in [2.24, 2.45) is 0 Å². The third-order valence-corrected chi connectivity index (χ3v) is 5.80. The molecule has 7 heteroatoms.